The molecule has 1 unspecified atom stereocenters. The van der Waals surface area contributed by atoms with E-state index in [1.807, 2.05) is 4.90 Å². The van der Waals surface area contributed by atoms with E-state index in [0.29, 0.717) is 19.0 Å². The largest absolute Gasteiger partial charge is 0.312 e. The molecule has 1 aromatic rings. The highest BCUT2D eigenvalue weighted by Crippen LogP contribution is 2.29. The zero-order valence-corrected chi connectivity index (χ0v) is 15.4. The van der Waals surface area contributed by atoms with E-state index >= 15 is 0 Å². The number of halogens is 1. The molecule has 1 saturated heterocycles. The summed E-state index contributed by atoms with van der Waals surface area (Å²) in [7, 11) is 0. The van der Waals surface area contributed by atoms with Crippen molar-refractivity contribution in [1.29, 1.82) is 0 Å². The summed E-state index contributed by atoms with van der Waals surface area (Å²) in [5.74, 6) is -0.0586. The van der Waals surface area contributed by atoms with Crippen LogP contribution in [0.2, 0.25) is 0 Å². The van der Waals surface area contributed by atoms with Gasteiger partial charge in [-0.05, 0) is 49.4 Å². The van der Waals surface area contributed by atoms with Gasteiger partial charge in [-0.1, -0.05) is 12.2 Å². The average molecular weight is 357 g/mol. The van der Waals surface area contributed by atoms with Crippen LogP contribution in [0, 0.1) is 5.82 Å². The van der Waals surface area contributed by atoms with Crippen molar-refractivity contribution in [3.8, 4) is 0 Å². The summed E-state index contributed by atoms with van der Waals surface area (Å²) < 4.78 is 13.3. The predicted molar refractivity (Wildman–Crippen MR) is 102 cm³/mol. The molecule has 0 aromatic heterocycles. The fourth-order valence-corrected chi connectivity index (χ4v) is 4.44. The summed E-state index contributed by atoms with van der Waals surface area (Å²) in [4.78, 5) is 19.5. The number of amides is 1. The molecule has 0 N–H and O–H groups in total. The Kier molecular flexibility index (Phi) is 5.36. The first kappa shape index (κ1) is 17.7. The van der Waals surface area contributed by atoms with E-state index in [-0.39, 0.29) is 11.7 Å². The third kappa shape index (κ3) is 3.84. The van der Waals surface area contributed by atoms with Gasteiger partial charge in [0.2, 0.25) is 5.91 Å². The number of piperazine rings is 1. The lowest BCUT2D eigenvalue weighted by atomic mass is 10.0. The van der Waals surface area contributed by atoms with Crippen molar-refractivity contribution in [2.24, 2.45) is 0 Å². The number of nitrogens with zero attached hydrogens (tertiary/aromatic N) is 3. The van der Waals surface area contributed by atoms with Crippen LogP contribution in [-0.2, 0) is 11.2 Å². The zero-order chi connectivity index (χ0) is 17.9. The molecule has 1 aromatic carbocycles. The number of carbonyl (C=O) groups excluding carboxylic acids is 1. The summed E-state index contributed by atoms with van der Waals surface area (Å²) >= 11 is 0. The molecule has 4 rings (SSSR count). The van der Waals surface area contributed by atoms with Crippen LogP contribution in [0.5, 0.6) is 0 Å². The standard InChI is InChI=1S/C21H28FN3O/c22-18-6-7-20-17(16-18)8-11-25(20)21(26)9-10-23-12-14-24(15-13-23)19-4-2-1-3-5-19/h2,4,6-7,16,19H,1,3,5,8-15H2. The summed E-state index contributed by atoms with van der Waals surface area (Å²) in [5.41, 5.74) is 1.85. The van der Waals surface area contributed by atoms with Crippen LogP contribution in [0.4, 0.5) is 10.1 Å². The molecule has 1 aliphatic carbocycles. The maximum atomic E-state index is 13.3. The summed E-state index contributed by atoms with van der Waals surface area (Å²) in [6, 6.07) is 5.37. The van der Waals surface area contributed by atoms with Gasteiger partial charge in [0.1, 0.15) is 5.82 Å². The minimum Gasteiger partial charge on any atom is -0.312 e. The number of anilines is 1. The van der Waals surface area contributed by atoms with Gasteiger partial charge in [0.05, 0.1) is 0 Å². The summed E-state index contributed by atoms with van der Waals surface area (Å²) in [5, 5.41) is 0. The highest BCUT2D eigenvalue weighted by atomic mass is 19.1. The van der Waals surface area contributed by atoms with Crippen molar-refractivity contribution >= 4 is 11.6 Å². The van der Waals surface area contributed by atoms with E-state index in [0.717, 1.165) is 50.4 Å². The Balaban J connectivity index is 1.25. The van der Waals surface area contributed by atoms with E-state index in [4.69, 9.17) is 0 Å². The third-order valence-corrected chi connectivity index (χ3v) is 5.98. The number of benzene rings is 1. The number of carbonyl (C=O) groups is 1. The smallest absolute Gasteiger partial charge is 0.228 e. The molecule has 5 heteroatoms. The van der Waals surface area contributed by atoms with E-state index in [9.17, 15) is 9.18 Å². The van der Waals surface area contributed by atoms with Gasteiger partial charge in [-0.2, -0.15) is 0 Å². The third-order valence-electron chi connectivity index (χ3n) is 5.98. The van der Waals surface area contributed by atoms with Crippen LogP contribution in [0.25, 0.3) is 0 Å². The first-order chi connectivity index (χ1) is 12.7. The van der Waals surface area contributed by atoms with Gasteiger partial charge in [-0.15, -0.1) is 0 Å². The van der Waals surface area contributed by atoms with Crippen LogP contribution in [0.1, 0.15) is 31.2 Å². The predicted octanol–water partition coefficient (Wildman–Crippen LogP) is 2.83. The molecule has 26 heavy (non-hydrogen) atoms. The Morgan fingerprint density at radius 3 is 2.77 bits per heavy atom. The monoisotopic (exact) mass is 357 g/mol. The van der Waals surface area contributed by atoms with Crippen LogP contribution in [0.15, 0.2) is 30.4 Å². The Bertz CT molecular complexity index is 682. The molecular weight excluding hydrogens is 329 g/mol. The minimum atomic E-state index is -0.219. The molecule has 0 radical (unpaired) electrons. The van der Waals surface area contributed by atoms with Crippen molar-refractivity contribution in [1.82, 2.24) is 9.80 Å². The molecule has 2 heterocycles. The van der Waals surface area contributed by atoms with Crippen molar-refractivity contribution in [2.45, 2.75) is 38.1 Å². The number of rotatable bonds is 4. The van der Waals surface area contributed by atoms with Crippen LogP contribution in [-0.4, -0.2) is 61.0 Å². The highest BCUT2D eigenvalue weighted by molar-refractivity contribution is 5.95. The quantitative estimate of drug-likeness (QED) is 0.776. The Hall–Kier alpha value is -1.72. The molecule has 2 aliphatic heterocycles. The molecule has 0 saturated carbocycles. The average Bonchev–Trinajstić information content (AvgIpc) is 3.10. The van der Waals surface area contributed by atoms with E-state index in [2.05, 4.69) is 22.0 Å². The molecule has 3 aliphatic rings. The van der Waals surface area contributed by atoms with Crippen molar-refractivity contribution < 1.29 is 9.18 Å². The summed E-state index contributed by atoms with van der Waals surface area (Å²) in [6.45, 7) is 5.77. The minimum absolute atomic E-state index is 0.160. The Morgan fingerprint density at radius 2 is 2.00 bits per heavy atom. The van der Waals surface area contributed by atoms with E-state index in [1.165, 1.54) is 25.3 Å². The van der Waals surface area contributed by atoms with Crippen LogP contribution < -0.4 is 4.90 Å². The van der Waals surface area contributed by atoms with Crippen molar-refractivity contribution in [2.75, 3.05) is 44.2 Å². The van der Waals surface area contributed by atoms with Crippen molar-refractivity contribution in [3.05, 3.63) is 41.7 Å². The molecule has 4 nitrogen and oxygen atoms in total. The van der Waals surface area contributed by atoms with Gasteiger partial charge in [0.25, 0.3) is 0 Å². The first-order valence-corrected chi connectivity index (χ1v) is 9.92. The van der Waals surface area contributed by atoms with E-state index < -0.39 is 0 Å². The number of hydrogen-bond acceptors (Lipinski definition) is 3. The lowest BCUT2D eigenvalue weighted by molar-refractivity contribution is -0.119. The maximum absolute atomic E-state index is 13.3. The van der Waals surface area contributed by atoms with Gasteiger partial charge in [-0.3, -0.25) is 9.69 Å². The molecule has 1 atom stereocenters. The molecule has 140 valence electrons. The lowest BCUT2D eigenvalue weighted by Gasteiger charge is -2.39. The molecular formula is C21H28FN3O. The topological polar surface area (TPSA) is 26.8 Å². The van der Waals surface area contributed by atoms with Gasteiger partial charge in [-0.25, -0.2) is 4.39 Å². The highest BCUT2D eigenvalue weighted by Gasteiger charge is 2.27. The molecule has 1 amide bonds. The van der Waals surface area contributed by atoms with Crippen LogP contribution in [0.3, 0.4) is 0 Å². The van der Waals surface area contributed by atoms with Gasteiger partial charge in [0, 0.05) is 57.4 Å². The number of allylic oxidation sites excluding steroid dienone is 1. The summed E-state index contributed by atoms with van der Waals surface area (Å²) in [6.07, 6.45) is 9.80. The Labute approximate surface area is 155 Å². The fourth-order valence-electron chi connectivity index (χ4n) is 4.44. The van der Waals surface area contributed by atoms with E-state index in [1.54, 1.807) is 12.1 Å². The van der Waals surface area contributed by atoms with Crippen LogP contribution >= 0.6 is 0 Å². The number of hydrogen-bond donors (Lipinski definition) is 0. The molecule has 1 fully saturated rings. The van der Waals surface area contributed by atoms with Crippen molar-refractivity contribution in [3.63, 3.8) is 0 Å². The zero-order valence-electron chi connectivity index (χ0n) is 15.4. The van der Waals surface area contributed by atoms with Gasteiger partial charge in [0.15, 0.2) is 0 Å². The fraction of sp³-hybridized carbons (Fsp3) is 0.571. The maximum Gasteiger partial charge on any atom is 0.228 e. The molecule has 0 bridgehead atoms. The SMILES string of the molecule is O=C(CCN1CCN(C2C=CCCC2)CC1)N1CCc2cc(F)ccc21. The Morgan fingerprint density at radius 1 is 1.15 bits per heavy atom. The lowest BCUT2D eigenvalue weighted by Crippen LogP contribution is -2.50. The van der Waals surface area contributed by atoms with Gasteiger partial charge >= 0.3 is 0 Å². The number of fused-ring (bicyclic) bond motifs is 1. The second kappa shape index (κ2) is 7.89. The molecule has 0 spiro atoms. The normalized spacial score (nSPS) is 24.0. The van der Waals surface area contributed by atoms with Gasteiger partial charge < -0.3 is 9.80 Å². The second-order valence-corrected chi connectivity index (χ2v) is 7.62. The second-order valence-electron chi connectivity index (χ2n) is 7.62. The first-order valence-electron chi connectivity index (χ1n) is 9.92.